The van der Waals surface area contributed by atoms with Gasteiger partial charge in [-0.2, -0.15) is 0 Å². The number of likely N-dealkylation sites (N-methyl/N-ethyl adjacent to an activating group) is 1. The highest BCUT2D eigenvalue weighted by Crippen LogP contribution is 2.43. The summed E-state index contributed by atoms with van der Waals surface area (Å²) in [5.41, 5.74) is 0. The zero-order valence-corrected chi connectivity index (χ0v) is 38.1. The van der Waals surface area contributed by atoms with Crippen molar-refractivity contribution >= 4 is 13.7 Å². The number of unbranched alkanes of at least 4 members (excludes halogenated alkanes) is 28. The van der Waals surface area contributed by atoms with Gasteiger partial charge in [0.05, 0.1) is 39.9 Å². The van der Waals surface area contributed by atoms with Crippen LogP contribution in [-0.2, 0) is 18.4 Å². The van der Waals surface area contributed by atoms with Crippen LogP contribution in [0.2, 0.25) is 0 Å². The second-order valence-electron chi connectivity index (χ2n) is 17.5. The maximum atomic E-state index is 12.9. The molecule has 0 fully saturated rings. The molecule has 0 aromatic rings. The van der Waals surface area contributed by atoms with Gasteiger partial charge in [-0.15, -0.1) is 0 Å². The van der Waals surface area contributed by atoms with Gasteiger partial charge >= 0.3 is 7.82 Å². The maximum absolute atomic E-state index is 12.9. The Balaban J connectivity index is 4.17. The van der Waals surface area contributed by atoms with E-state index in [-0.39, 0.29) is 19.1 Å². The number of nitrogens with one attached hydrogen (secondary N) is 1. The largest absolute Gasteiger partial charge is 0.472 e. The molecule has 0 saturated carbocycles. The van der Waals surface area contributed by atoms with Crippen molar-refractivity contribution in [1.29, 1.82) is 0 Å². The summed E-state index contributed by atoms with van der Waals surface area (Å²) in [6, 6.07) is -0.757. The predicted octanol–water partition coefficient (Wildman–Crippen LogP) is 13.1. The van der Waals surface area contributed by atoms with Crippen molar-refractivity contribution in [1.82, 2.24) is 5.32 Å². The molecule has 8 nitrogen and oxygen atoms in total. The summed E-state index contributed by atoms with van der Waals surface area (Å²) in [7, 11) is 1.62. The van der Waals surface area contributed by atoms with E-state index in [9.17, 15) is 19.4 Å². The van der Waals surface area contributed by atoms with Crippen LogP contribution in [0.3, 0.4) is 0 Å². The lowest BCUT2D eigenvalue weighted by Gasteiger charge is -2.26. The van der Waals surface area contributed by atoms with Crippen molar-refractivity contribution in [3.63, 3.8) is 0 Å². The van der Waals surface area contributed by atoms with Gasteiger partial charge in [0.15, 0.2) is 0 Å². The number of aliphatic hydroxyl groups is 1. The molecule has 0 rings (SSSR count). The molecule has 3 unspecified atom stereocenters. The van der Waals surface area contributed by atoms with E-state index in [4.69, 9.17) is 9.05 Å². The minimum absolute atomic E-state index is 0.0754. The summed E-state index contributed by atoms with van der Waals surface area (Å²) in [4.78, 5) is 23.1. The molecule has 0 aromatic carbocycles. The van der Waals surface area contributed by atoms with Crippen molar-refractivity contribution < 1.29 is 32.9 Å². The fourth-order valence-corrected chi connectivity index (χ4v) is 7.72. The molecular formula is C46H94N2O6P+. The third-order valence-corrected chi connectivity index (χ3v) is 11.7. The summed E-state index contributed by atoms with van der Waals surface area (Å²) in [5.74, 6) is -0.148. The number of aliphatic hydroxyl groups excluding tert-OH is 1. The van der Waals surface area contributed by atoms with Crippen LogP contribution in [-0.4, -0.2) is 73.4 Å². The minimum atomic E-state index is -4.31. The first-order valence-electron chi connectivity index (χ1n) is 23.6. The number of hydrogen-bond acceptors (Lipinski definition) is 5. The fraction of sp³-hybridized carbons (Fsp3) is 0.935. The molecule has 1 amide bonds. The Morgan fingerprint density at radius 3 is 1.40 bits per heavy atom. The van der Waals surface area contributed by atoms with Gasteiger partial charge in [-0.25, -0.2) is 4.57 Å². The van der Waals surface area contributed by atoms with Crippen molar-refractivity contribution in [3.05, 3.63) is 12.2 Å². The van der Waals surface area contributed by atoms with Crippen molar-refractivity contribution in [2.45, 2.75) is 238 Å². The van der Waals surface area contributed by atoms with Crippen molar-refractivity contribution in [3.8, 4) is 0 Å². The lowest BCUT2D eigenvalue weighted by molar-refractivity contribution is -0.870. The highest BCUT2D eigenvalue weighted by Gasteiger charge is 2.28. The Kier molecular flexibility index (Phi) is 38.2. The molecule has 0 heterocycles. The monoisotopic (exact) mass is 802 g/mol. The van der Waals surface area contributed by atoms with Crippen LogP contribution in [0.5, 0.6) is 0 Å². The summed E-state index contributed by atoms with van der Waals surface area (Å²) in [6.07, 6.45) is 43.9. The third-order valence-electron chi connectivity index (χ3n) is 10.8. The predicted molar refractivity (Wildman–Crippen MR) is 235 cm³/mol. The second-order valence-corrected chi connectivity index (χ2v) is 18.9. The number of carbonyl (C=O) groups excluding carboxylic acids is 1. The van der Waals surface area contributed by atoms with E-state index >= 15 is 0 Å². The van der Waals surface area contributed by atoms with Crippen LogP contribution < -0.4 is 5.32 Å². The van der Waals surface area contributed by atoms with Crippen molar-refractivity contribution in [2.24, 2.45) is 0 Å². The Labute approximate surface area is 342 Å². The Morgan fingerprint density at radius 2 is 0.982 bits per heavy atom. The first-order chi connectivity index (χ1) is 26.5. The number of amides is 1. The molecule has 3 atom stereocenters. The summed E-state index contributed by atoms with van der Waals surface area (Å²) in [5, 5.41) is 13.9. The van der Waals surface area contributed by atoms with Crippen LogP contribution >= 0.6 is 7.82 Å². The molecule has 0 aliphatic rings. The smallest absolute Gasteiger partial charge is 0.391 e. The highest BCUT2D eigenvalue weighted by atomic mass is 31.2. The summed E-state index contributed by atoms with van der Waals surface area (Å²) >= 11 is 0. The highest BCUT2D eigenvalue weighted by molar-refractivity contribution is 7.47. The van der Waals surface area contributed by atoms with Gasteiger partial charge in [0.1, 0.15) is 13.2 Å². The molecule has 3 N–H and O–H groups in total. The summed E-state index contributed by atoms with van der Waals surface area (Å²) in [6.45, 7) is 4.88. The third kappa shape index (κ3) is 41.2. The quantitative estimate of drug-likeness (QED) is 0.0245. The van der Waals surface area contributed by atoms with E-state index in [1.807, 2.05) is 21.1 Å². The zero-order chi connectivity index (χ0) is 40.7. The molecule has 9 heteroatoms. The van der Waals surface area contributed by atoms with E-state index in [2.05, 4.69) is 31.3 Å². The van der Waals surface area contributed by atoms with Crippen LogP contribution in [0.1, 0.15) is 226 Å². The Bertz CT molecular complexity index is 911. The second kappa shape index (κ2) is 38.7. The summed E-state index contributed by atoms with van der Waals surface area (Å²) < 4.78 is 23.6. The van der Waals surface area contributed by atoms with Gasteiger partial charge in [0, 0.05) is 6.42 Å². The van der Waals surface area contributed by atoms with Gasteiger partial charge < -0.3 is 19.8 Å². The van der Waals surface area contributed by atoms with Gasteiger partial charge in [0.25, 0.3) is 0 Å². The number of phosphoric acid groups is 1. The number of quaternary nitrogens is 1. The topological polar surface area (TPSA) is 105 Å². The number of rotatable bonds is 43. The van der Waals surface area contributed by atoms with Gasteiger partial charge in [-0.1, -0.05) is 193 Å². The first kappa shape index (κ1) is 54.2. The van der Waals surface area contributed by atoms with Gasteiger partial charge in [0.2, 0.25) is 5.91 Å². The molecule has 0 bridgehead atoms. The number of carbonyl (C=O) groups is 1. The molecule has 0 aromatic heterocycles. The average molecular weight is 802 g/mol. The number of allylic oxidation sites excluding steroid dienone is 2. The van der Waals surface area contributed by atoms with Crippen LogP contribution in [0.4, 0.5) is 0 Å². The molecule has 0 saturated heterocycles. The molecule has 0 aliphatic carbocycles. The molecule has 55 heavy (non-hydrogen) atoms. The Hall–Kier alpha value is -0.760. The minimum Gasteiger partial charge on any atom is -0.391 e. The average Bonchev–Trinajstić information content (AvgIpc) is 3.13. The number of hydrogen-bond donors (Lipinski definition) is 3. The van der Waals surface area contributed by atoms with E-state index < -0.39 is 20.0 Å². The van der Waals surface area contributed by atoms with E-state index in [1.54, 1.807) is 0 Å². The van der Waals surface area contributed by atoms with Gasteiger partial charge in [-0.3, -0.25) is 13.8 Å². The van der Waals surface area contributed by atoms with Crippen LogP contribution in [0, 0.1) is 0 Å². The first-order valence-corrected chi connectivity index (χ1v) is 25.0. The van der Waals surface area contributed by atoms with Crippen LogP contribution in [0.25, 0.3) is 0 Å². The number of phosphoric ester groups is 1. The zero-order valence-electron chi connectivity index (χ0n) is 37.2. The fourth-order valence-electron chi connectivity index (χ4n) is 6.98. The van der Waals surface area contributed by atoms with Gasteiger partial charge in [-0.05, 0) is 38.5 Å². The van der Waals surface area contributed by atoms with E-state index in [0.29, 0.717) is 23.9 Å². The Morgan fingerprint density at radius 1 is 0.600 bits per heavy atom. The lowest BCUT2D eigenvalue weighted by Crippen LogP contribution is -2.46. The normalized spacial score (nSPS) is 14.4. The molecular weight excluding hydrogens is 707 g/mol. The van der Waals surface area contributed by atoms with E-state index in [0.717, 1.165) is 38.5 Å². The van der Waals surface area contributed by atoms with E-state index in [1.165, 1.54) is 161 Å². The molecule has 0 radical (unpaired) electrons. The molecule has 0 aliphatic heterocycles. The molecule has 328 valence electrons. The molecule has 0 spiro atoms. The SMILES string of the molecule is CCCCCCCCCCCCCC/C=C\CCCCCCCCCC(=O)NC(COP(=O)(O)OCC[N+](C)(C)C)C(O)CCCCCCCCCCCC. The number of nitrogens with zero attached hydrogens (tertiary/aromatic N) is 1. The van der Waals surface area contributed by atoms with Crippen molar-refractivity contribution in [2.75, 3.05) is 40.9 Å². The maximum Gasteiger partial charge on any atom is 0.472 e. The standard InChI is InChI=1S/C46H93N2O6P/c1-6-8-10-12-14-16-18-19-20-21-22-23-24-25-26-27-28-29-30-32-34-36-38-40-46(50)47-44(43-54-55(51,52)53-42-41-48(3,4)5)45(49)39-37-35-33-31-17-15-13-11-9-7-2/h25-26,44-45,49H,6-24,27-43H2,1-5H3,(H-,47,50,51,52)/p+1/b26-25-. The lowest BCUT2D eigenvalue weighted by atomic mass is 10.0. The van der Waals surface area contributed by atoms with Crippen LogP contribution in [0.15, 0.2) is 12.2 Å².